The molecule has 1 aromatic carbocycles. The number of nitriles is 1. The van der Waals surface area contributed by atoms with Gasteiger partial charge >= 0.3 is 5.97 Å². The molecule has 0 amide bonds. The first-order valence-electron chi connectivity index (χ1n) is 8.56. The number of unbranched alkanes of at least 4 members (excludes halogenated alkanes) is 8. The van der Waals surface area contributed by atoms with Crippen LogP contribution >= 0.6 is 12.6 Å². The minimum atomic E-state index is -0.307. The van der Waals surface area contributed by atoms with Gasteiger partial charge in [0.1, 0.15) is 0 Å². The van der Waals surface area contributed by atoms with Gasteiger partial charge in [-0.15, -0.1) is 0 Å². The third kappa shape index (κ3) is 9.30. The number of rotatable bonds is 12. The average molecular weight is 333 g/mol. The van der Waals surface area contributed by atoms with Gasteiger partial charge in [-0.05, 0) is 42.9 Å². The molecule has 0 aliphatic heterocycles. The minimum Gasteiger partial charge on any atom is -0.462 e. The highest BCUT2D eigenvalue weighted by molar-refractivity contribution is 7.80. The lowest BCUT2D eigenvalue weighted by Gasteiger charge is -2.05. The highest BCUT2D eigenvalue weighted by Gasteiger charge is 2.06. The van der Waals surface area contributed by atoms with E-state index in [4.69, 9.17) is 10.00 Å². The number of thiol groups is 1. The fraction of sp³-hybridized carbons (Fsp3) is 0.579. The number of carbonyl (C=O) groups excluding carboxylic acids is 1. The van der Waals surface area contributed by atoms with E-state index in [-0.39, 0.29) is 5.97 Å². The number of hydrogen-bond donors (Lipinski definition) is 1. The molecular formula is C19H27NO2S. The molecule has 0 aliphatic rings. The monoisotopic (exact) mass is 333 g/mol. The lowest BCUT2D eigenvalue weighted by Crippen LogP contribution is -2.06. The summed E-state index contributed by atoms with van der Waals surface area (Å²) >= 11 is 4.21. The Bertz CT molecular complexity index is 479. The van der Waals surface area contributed by atoms with Gasteiger partial charge < -0.3 is 4.74 Å². The Kier molecular flexibility index (Phi) is 11.1. The third-order valence-electron chi connectivity index (χ3n) is 3.79. The molecule has 0 saturated heterocycles. The molecule has 1 rings (SSSR count). The van der Waals surface area contributed by atoms with E-state index in [9.17, 15) is 4.79 Å². The van der Waals surface area contributed by atoms with Gasteiger partial charge in [0.25, 0.3) is 0 Å². The predicted molar refractivity (Wildman–Crippen MR) is 96.8 cm³/mol. The molecule has 0 spiro atoms. The van der Waals surface area contributed by atoms with Crippen LogP contribution in [0.1, 0.15) is 73.7 Å². The Morgan fingerprint density at radius 1 is 0.913 bits per heavy atom. The van der Waals surface area contributed by atoms with Crippen LogP contribution in [-0.2, 0) is 4.74 Å². The molecule has 23 heavy (non-hydrogen) atoms. The number of ether oxygens (including phenoxy) is 1. The van der Waals surface area contributed by atoms with E-state index in [1.165, 1.54) is 44.9 Å². The molecule has 0 aliphatic carbocycles. The van der Waals surface area contributed by atoms with Crippen molar-refractivity contribution < 1.29 is 9.53 Å². The molecule has 0 radical (unpaired) electrons. The van der Waals surface area contributed by atoms with Crippen LogP contribution in [0.3, 0.4) is 0 Å². The second-order valence-corrected chi connectivity index (χ2v) is 6.18. The summed E-state index contributed by atoms with van der Waals surface area (Å²) in [5.41, 5.74) is 1.05. The molecule has 1 aromatic rings. The van der Waals surface area contributed by atoms with Crippen molar-refractivity contribution in [3.8, 4) is 6.07 Å². The maximum absolute atomic E-state index is 11.8. The van der Waals surface area contributed by atoms with Crippen molar-refractivity contribution in [1.82, 2.24) is 0 Å². The quantitative estimate of drug-likeness (QED) is 0.327. The van der Waals surface area contributed by atoms with Crippen LogP contribution < -0.4 is 0 Å². The van der Waals surface area contributed by atoms with Crippen LogP contribution in [0, 0.1) is 11.3 Å². The lowest BCUT2D eigenvalue weighted by atomic mass is 10.1. The number of nitrogens with zero attached hydrogens (tertiary/aromatic N) is 1. The SMILES string of the molecule is N#Cc1ccc(C(=O)OCCCCCCCCCCCS)cc1. The molecule has 0 fully saturated rings. The van der Waals surface area contributed by atoms with Crippen molar-refractivity contribution in [2.45, 2.75) is 57.8 Å². The van der Waals surface area contributed by atoms with E-state index in [2.05, 4.69) is 12.6 Å². The van der Waals surface area contributed by atoms with E-state index < -0.39 is 0 Å². The first kappa shape index (κ1) is 19.6. The van der Waals surface area contributed by atoms with Crippen molar-refractivity contribution in [2.75, 3.05) is 12.4 Å². The third-order valence-corrected chi connectivity index (χ3v) is 4.10. The Balaban J connectivity index is 1.98. The van der Waals surface area contributed by atoms with Gasteiger partial charge in [0, 0.05) is 0 Å². The Morgan fingerprint density at radius 3 is 1.96 bits per heavy atom. The summed E-state index contributed by atoms with van der Waals surface area (Å²) in [4.78, 5) is 11.8. The molecule has 0 atom stereocenters. The van der Waals surface area contributed by atoms with E-state index in [1.54, 1.807) is 24.3 Å². The van der Waals surface area contributed by atoms with Crippen molar-refractivity contribution in [1.29, 1.82) is 5.26 Å². The van der Waals surface area contributed by atoms with Crippen molar-refractivity contribution in [3.63, 3.8) is 0 Å². The molecule has 3 nitrogen and oxygen atoms in total. The zero-order valence-corrected chi connectivity index (χ0v) is 14.7. The smallest absolute Gasteiger partial charge is 0.338 e. The summed E-state index contributed by atoms with van der Waals surface area (Å²) in [7, 11) is 0. The van der Waals surface area contributed by atoms with Crippen LogP contribution in [0.25, 0.3) is 0 Å². The van der Waals surface area contributed by atoms with Crippen molar-refractivity contribution >= 4 is 18.6 Å². The molecule has 4 heteroatoms. The number of hydrogen-bond acceptors (Lipinski definition) is 4. The maximum atomic E-state index is 11.8. The topological polar surface area (TPSA) is 50.1 Å². The second-order valence-electron chi connectivity index (χ2n) is 5.73. The van der Waals surface area contributed by atoms with Crippen molar-refractivity contribution in [2.24, 2.45) is 0 Å². The largest absolute Gasteiger partial charge is 0.462 e. The van der Waals surface area contributed by atoms with E-state index >= 15 is 0 Å². The molecule has 0 saturated carbocycles. The van der Waals surface area contributed by atoms with Gasteiger partial charge in [0.2, 0.25) is 0 Å². The van der Waals surface area contributed by atoms with Gasteiger partial charge in [-0.2, -0.15) is 17.9 Å². The summed E-state index contributed by atoms with van der Waals surface area (Å²) in [5.74, 6) is 0.694. The van der Waals surface area contributed by atoms with Crippen LogP contribution in [0.4, 0.5) is 0 Å². The van der Waals surface area contributed by atoms with Gasteiger partial charge in [-0.25, -0.2) is 4.79 Å². The zero-order valence-electron chi connectivity index (χ0n) is 13.8. The van der Waals surface area contributed by atoms with Crippen LogP contribution in [-0.4, -0.2) is 18.3 Å². The highest BCUT2D eigenvalue weighted by atomic mass is 32.1. The molecular weight excluding hydrogens is 306 g/mol. The van der Waals surface area contributed by atoms with Gasteiger partial charge in [-0.1, -0.05) is 44.9 Å². The normalized spacial score (nSPS) is 10.3. The zero-order chi connectivity index (χ0) is 16.8. The molecule has 126 valence electrons. The Hall–Kier alpha value is -1.47. The summed E-state index contributed by atoms with van der Waals surface area (Å²) < 4.78 is 5.24. The molecule has 0 bridgehead atoms. The highest BCUT2D eigenvalue weighted by Crippen LogP contribution is 2.10. The molecule has 0 unspecified atom stereocenters. The fourth-order valence-corrected chi connectivity index (χ4v) is 2.60. The Labute approximate surface area is 145 Å². The van der Waals surface area contributed by atoms with Crippen LogP contribution in [0.15, 0.2) is 24.3 Å². The van der Waals surface area contributed by atoms with E-state index in [1.807, 2.05) is 6.07 Å². The second kappa shape index (κ2) is 13.0. The first-order valence-corrected chi connectivity index (χ1v) is 9.19. The van der Waals surface area contributed by atoms with Gasteiger partial charge in [-0.3, -0.25) is 0 Å². The summed E-state index contributed by atoms with van der Waals surface area (Å²) in [5, 5.41) is 8.71. The van der Waals surface area contributed by atoms with E-state index in [0.717, 1.165) is 18.6 Å². The molecule has 0 N–H and O–H groups in total. The molecule has 0 aromatic heterocycles. The van der Waals surface area contributed by atoms with E-state index in [0.29, 0.717) is 17.7 Å². The Morgan fingerprint density at radius 2 is 1.43 bits per heavy atom. The predicted octanol–water partition coefficient (Wildman–Crippen LogP) is 5.16. The maximum Gasteiger partial charge on any atom is 0.338 e. The standard InChI is InChI=1S/C19H27NO2S/c20-16-17-10-12-18(13-11-17)19(21)22-14-8-6-4-2-1-3-5-7-9-15-23/h10-13,23H,1-9,14-15H2. The van der Waals surface area contributed by atoms with Gasteiger partial charge in [0.15, 0.2) is 0 Å². The number of carbonyl (C=O) groups is 1. The van der Waals surface area contributed by atoms with Crippen LogP contribution in [0.2, 0.25) is 0 Å². The number of esters is 1. The molecule has 0 heterocycles. The summed E-state index contributed by atoms with van der Waals surface area (Å²) in [6, 6.07) is 8.56. The average Bonchev–Trinajstić information content (AvgIpc) is 2.59. The first-order chi connectivity index (χ1) is 11.3. The number of benzene rings is 1. The van der Waals surface area contributed by atoms with Crippen molar-refractivity contribution in [3.05, 3.63) is 35.4 Å². The summed E-state index contributed by atoms with van der Waals surface area (Å²) in [6.45, 7) is 0.473. The summed E-state index contributed by atoms with van der Waals surface area (Å²) in [6.07, 6.45) is 11.0. The lowest BCUT2D eigenvalue weighted by molar-refractivity contribution is 0.0497. The van der Waals surface area contributed by atoms with Gasteiger partial charge in [0.05, 0.1) is 23.8 Å². The minimum absolute atomic E-state index is 0.307. The fourth-order valence-electron chi connectivity index (χ4n) is 2.38. The van der Waals surface area contributed by atoms with Crippen LogP contribution in [0.5, 0.6) is 0 Å².